The molecule has 4 atom stereocenters. The highest BCUT2D eigenvalue weighted by atomic mass is 16.4. The van der Waals surface area contributed by atoms with Gasteiger partial charge in [-0.05, 0) is 27.5 Å². The van der Waals surface area contributed by atoms with E-state index in [1.807, 2.05) is 103 Å². The molecule has 2 amide bonds. The summed E-state index contributed by atoms with van der Waals surface area (Å²) in [7, 11) is 0. The van der Waals surface area contributed by atoms with E-state index in [9.17, 15) is 19.5 Å². The summed E-state index contributed by atoms with van der Waals surface area (Å²) in [5.41, 5.74) is 0.803. The minimum Gasteiger partial charge on any atom is -0.480 e. The molecule has 6 nitrogen and oxygen atoms in total. The fraction of sp³-hybridized carbons (Fsp3) is 0.194. The molecule has 4 aromatic carbocycles. The molecule has 0 saturated carbocycles. The van der Waals surface area contributed by atoms with Crippen molar-refractivity contribution in [3.8, 4) is 0 Å². The van der Waals surface area contributed by atoms with Crippen LogP contribution in [0.1, 0.15) is 22.7 Å². The molecule has 37 heavy (non-hydrogen) atoms. The summed E-state index contributed by atoms with van der Waals surface area (Å²) in [6.45, 7) is 0.120. The zero-order valence-electron chi connectivity index (χ0n) is 20.1. The van der Waals surface area contributed by atoms with Gasteiger partial charge in [-0.2, -0.15) is 0 Å². The van der Waals surface area contributed by atoms with Gasteiger partial charge in [0.25, 0.3) is 0 Å². The number of hydrogen-bond acceptors (Lipinski definition) is 4. The Morgan fingerprint density at radius 2 is 1.41 bits per heavy atom. The topological polar surface area (TPSA) is 86.7 Å². The van der Waals surface area contributed by atoms with E-state index in [1.54, 1.807) is 0 Å². The van der Waals surface area contributed by atoms with Gasteiger partial charge in [-0.1, -0.05) is 103 Å². The van der Waals surface area contributed by atoms with Crippen molar-refractivity contribution < 1.29 is 19.5 Å². The fourth-order valence-corrected chi connectivity index (χ4v) is 6.13. The van der Waals surface area contributed by atoms with E-state index in [0.717, 1.165) is 27.5 Å². The Bertz CT molecular complexity index is 1500. The number of rotatable bonds is 6. The van der Waals surface area contributed by atoms with Crippen LogP contribution in [-0.4, -0.2) is 33.3 Å². The number of carboxylic acids is 1. The molecule has 0 radical (unpaired) electrons. The van der Waals surface area contributed by atoms with Crippen molar-refractivity contribution in [2.45, 2.75) is 24.5 Å². The molecule has 4 unspecified atom stereocenters. The summed E-state index contributed by atoms with van der Waals surface area (Å²) in [5, 5.41) is 16.0. The first kappa shape index (κ1) is 23.1. The highest BCUT2D eigenvalue weighted by Crippen LogP contribution is 2.51. The molecule has 4 aromatic rings. The molecule has 2 N–H and O–H groups in total. The molecule has 0 spiro atoms. The van der Waals surface area contributed by atoms with E-state index in [-0.39, 0.29) is 18.9 Å². The second kappa shape index (κ2) is 8.98. The number of carbonyl (C=O) groups excluding carboxylic acids is 2. The molecule has 2 heterocycles. The molecular weight excluding hydrogens is 464 g/mol. The molecule has 2 aliphatic rings. The minimum absolute atomic E-state index is 0.0871. The van der Waals surface area contributed by atoms with Gasteiger partial charge in [-0.15, -0.1) is 0 Å². The van der Waals surface area contributed by atoms with Crippen LogP contribution in [0.3, 0.4) is 0 Å². The first-order valence-corrected chi connectivity index (χ1v) is 12.4. The third-order valence-corrected chi connectivity index (χ3v) is 7.79. The number of aliphatic carboxylic acids is 1. The quantitative estimate of drug-likeness (QED) is 0.393. The molecule has 0 aromatic heterocycles. The predicted molar refractivity (Wildman–Crippen MR) is 139 cm³/mol. The van der Waals surface area contributed by atoms with E-state index in [1.165, 1.54) is 4.90 Å². The summed E-state index contributed by atoms with van der Waals surface area (Å²) in [4.78, 5) is 42.3. The molecule has 6 rings (SSSR count). The lowest BCUT2D eigenvalue weighted by Gasteiger charge is -2.31. The molecule has 6 heteroatoms. The third kappa shape index (κ3) is 3.72. The van der Waals surface area contributed by atoms with E-state index < -0.39 is 35.3 Å². The van der Waals surface area contributed by atoms with Crippen LogP contribution in [0.2, 0.25) is 0 Å². The van der Waals surface area contributed by atoms with Crippen LogP contribution in [0.4, 0.5) is 0 Å². The average molecular weight is 491 g/mol. The largest absolute Gasteiger partial charge is 0.480 e. The maximum absolute atomic E-state index is 14.0. The number of benzene rings is 4. The summed E-state index contributed by atoms with van der Waals surface area (Å²) < 4.78 is 0. The van der Waals surface area contributed by atoms with Crippen molar-refractivity contribution >= 4 is 28.6 Å². The number of hydrogen-bond donors (Lipinski definition) is 2. The Morgan fingerprint density at radius 3 is 2.11 bits per heavy atom. The maximum atomic E-state index is 14.0. The SMILES string of the molecule is O=C1C2C(c3cccc4ccccc34)NC(Cc3ccccc3)(C(=O)O)C2C(=O)N1Cc1ccccc1. The predicted octanol–water partition coefficient (Wildman–Crippen LogP) is 4.35. The lowest BCUT2D eigenvalue weighted by molar-refractivity contribution is -0.151. The smallest absolute Gasteiger partial charge is 0.325 e. The molecule has 0 aliphatic carbocycles. The van der Waals surface area contributed by atoms with E-state index >= 15 is 0 Å². The van der Waals surface area contributed by atoms with Gasteiger partial charge in [-0.3, -0.25) is 24.6 Å². The number of nitrogens with one attached hydrogen (secondary N) is 1. The van der Waals surface area contributed by atoms with Crippen LogP contribution in [0, 0.1) is 11.8 Å². The average Bonchev–Trinajstić information content (AvgIpc) is 3.39. The van der Waals surface area contributed by atoms with Crippen LogP contribution in [-0.2, 0) is 27.3 Å². The Kier molecular flexibility index (Phi) is 5.61. The Hall–Kier alpha value is -4.29. The van der Waals surface area contributed by atoms with E-state index in [2.05, 4.69) is 5.32 Å². The van der Waals surface area contributed by atoms with Gasteiger partial charge in [0.15, 0.2) is 0 Å². The number of nitrogens with zero attached hydrogens (tertiary/aromatic N) is 1. The molecule has 2 aliphatic heterocycles. The van der Waals surface area contributed by atoms with Crippen LogP contribution >= 0.6 is 0 Å². The Labute approximate surface area is 214 Å². The zero-order valence-corrected chi connectivity index (χ0v) is 20.1. The second-order valence-electron chi connectivity index (χ2n) is 9.88. The molecule has 0 bridgehead atoms. The highest BCUT2D eigenvalue weighted by molar-refractivity contribution is 6.09. The summed E-state index contributed by atoms with van der Waals surface area (Å²) in [6, 6.07) is 31.6. The zero-order chi connectivity index (χ0) is 25.6. The Balaban J connectivity index is 1.50. The van der Waals surface area contributed by atoms with Gasteiger partial charge < -0.3 is 5.11 Å². The third-order valence-electron chi connectivity index (χ3n) is 7.79. The number of carboxylic acid groups (broad SMARTS) is 1. The summed E-state index contributed by atoms with van der Waals surface area (Å²) >= 11 is 0. The van der Waals surface area contributed by atoms with Crippen molar-refractivity contribution in [1.29, 1.82) is 0 Å². The molecule has 184 valence electrons. The van der Waals surface area contributed by atoms with Crippen molar-refractivity contribution in [3.05, 3.63) is 120 Å². The van der Waals surface area contributed by atoms with E-state index in [0.29, 0.717) is 0 Å². The summed E-state index contributed by atoms with van der Waals surface area (Å²) in [6.07, 6.45) is 0.0871. The first-order valence-electron chi connectivity index (χ1n) is 12.4. The van der Waals surface area contributed by atoms with Crippen molar-refractivity contribution in [1.82, 2.24) is 10.2 Å². The number of fused-ring (bicyclic) bond motifs is 2. The highest BCUT2D eigenvalue weighted by Gasteiger charge is 2.68. The van der Waals surface area contributed by atoms with E-state index in [4.69, 9.17) is 0 Å². The standard InChI is InChI=1S/C31H26N2O4/c34-28-25-26(29(35)33(28)19-21-12-5-2-6-13-21)31(30(36)37,18-20-10-3-1-4-11-20)32-27(25)24-17-9-15-22-14-7-8-16-23(22)24/h1-17,25-27,32H,18-19H2,(H,36,37). The molecule has 2 fully saturated rings. The number of likely N-dealkylation sites (tertiary alicyclic amines) is 1. The van der Waals surface area contributed by atoms with Gasteiger partial charge >= 0.3 is 5.97 Å². The number of imide groups is 1. The van der Waals surface area contributed by atoms with Gasteiger partial charge in [0.2, 0.25) is 11.8 Å². The van der Waals surface area contributed by atoms with Crippen LogP contribution < -0.4 is 5.32 Å². The van der Waals surface area contributed by atoms with Crippen LogP contribution in [0.15, 0.2) is 103 Å². The lowest BCUT2D eigenvalue weighted by atomic mass is 9.76. The van der Waals surface area contributed by atoms with Crippen molar-refractivity contribution in [3.63, 3.8) is 0 Å². The first-order chi connectivity index (χ1) is 18.0. The Morgan fingerprint density at radius 1 is 0.784 bits per heavy atom. The number of amides is 2. The number of carbonyl (C=O) groups is 3. The monoisotopic (exact) mass is 490 g/mol. The maximum Gasteiger partial charge on any atom is 0.325 e. The second-order valence-corrected chi connectivity index (χ2v) is 9.88. The molecule has 2 saturated heterocycles. The molecular formula is C31H26N2O4. The van der Waals surface area contributed by atoms with Gasteiger partial charge in [0.05, 0.1) is 18.4 Å². The summed E-state index contributed by atoms with van der Waals surface area (Å²) in [5.74, 6) is -3.77. The van der Waals surface area contributed by atoms with Gasteiger partial charge in [-0.25, -0.2) is 0 Å². The van der Waals surface area contributed by atoms with Crippen LogP contribution in [0.25, 0.3) is 10.8 Å². The van der Waals surface area contributed by atoms with Gasteiger partial charge in [0, 0.05) is 12.5 Å². The van der Waals surface area contributed by atoms with Crippen molar-refractivity contribution in [2.24, 2.45) is 11.8 Å². The lowest BCUT2D eigenvalue weighted by Crippen LogP contribution is -2.57. The van der Waals surface area contributed by atoms with Crippen molar-refractivity contribution in [2.75, 3.05) is 0 Å². The van der Waals surface area contributed by atoms with Gasteiger partial charge in [0.1, 0.15) is 5.54 Å². The minimum atomic E-state index is -1.63. The van der Waals surface area contributed by atoms with Crippen LogP contribution in [0.5, 0.6) is 0 Å². The fourth-order valence-electron chi connectivity index (χ4n) is 6.13. The normalized spacial score (nSPS) is 25.0.